The van der Waals surface area contributed by atoms with Gasteiger partial charge in [0.1, 0.15) is 5.76 Å². The summed E-state index contributed by atoms with van der Waals surface area (Å²) in [6, 6.07) is 8.58. The van der Waals surface area contributed by atoms with Gasteiger partial charge >= 0.3 is 0 Å². The lowest BCUT2D eigenvalue weighted by Crippen LogP contribution is -2.31. The second-order valence-corrected chi connectivity index (χ2v) is 6.90. The van der Waals surface area contributed by atoms with Crippen LogP contribution in [-0.2, 0) is 9.59 Å². The van der Waals surface area contributed by atoms with Gasteiger partial charge in [-0.2, -0.15) is 0 Å². The molecule has 28 heavy (non-hydrogen) atoms. The highest BCUT2D eigenvalue weighted by Gasteiger charge is 2.35. The average molecular weight is 394 g/mol. The molecule has 8 nitrogen and oxygen atoms in total. The minimum absolute atomic E-state index is 0.000614. The lowest BCUT2D eigenvalue weighted by molar-refractivity contribution is -0.123. The minimum atomic E-state index is -0.430. The monoisotopic (exact) mass is 394 g/mol. The fraction of sp³-hybridized carbons (Fsp3) is 0.105. The molecular weight excluding hydrogens is 380 g/mol. The summed E-state index contributed by atoms with van der Waals surface area (Å²) in [6.45, 7) is -0.000614. The molecule has 1 aliphatic heterocycles. The lowest BCUT2D eigenvalue weighted by atomic mass is 10.2. The summed E-state index contributed by atoms with van der Waals surface area (Å²) in [6.07, 6.45) is 6.16. The smallest absolute Gasteiger partial charge is 0.293 e. The quantitative estimate of drug-likeness (QED) is 0.662. The van der Waals surface area contributed by atoms with Crippen molar-refractivity contribution in [1.82, 2.24) is 14.9 Å². The number of nitrogens with zero attached hydrogens (tertiary/aromatic N) is 3. The number of hydrogen-bond donors (Lipinski definition) is 1. The molecule has 1 aromatic carbocycles. The van der Waals surface area contributed by atoms with Gasteiger partial charge in [-0.15, -0.1) is 0 Å². The molecule has 140 valence electrons. The van der Waals surface area contributed by atoms with Crippen LogP contribution in [0.15, 0.2) is 58.3 Å². The molecule has 1 fully saturated rings. The van der Waals surface area contributed by atoms with E-state index in [1.54, 1.807) is 42.7 Å². The molecule has 0 unspecified atom stereocenters. The standard InChI is InChI=1S/C19H14N4O4S/c24-17(22-12-3-4-14-15(10-12)21-7-6-20-14)5-8-23-18(25)16(28-19(23)26)11-13-2-1-9-27-13/h1-4,6-7,9-11H,5,8H2,(H,22,24)/b16-11-. The predicted octanol–water partition coefficient (Wildman–Crippen LogP) is 3.29. The van der Waals surface area contributed by atoms with Crippen molar-refractivity contribution in [3.8, 4) is 0 Å². The molecule has 0 radical (unpaired) electrons. The summed E-state index contributed by atoms with van der Waals surface area (Å²) in [7, 11) is 0. The van der Waals surface area contributed by atoms with E-state index in [9.17, 15) is 14.4 Å². The molecule has 0 bridgehead atoms. The fourth-order valence-corrected chi connectivity index (χ4v) is 3.52. The van der Waals surface area contributed by atoms with Crippen LogP contribution in [0.2, 0.25) is 0 Å². The largest absolute Gasteiger partial charge is 0.465 e. The maximum absolute atomic E-state index is 12.4. The number of thioether (sulfide) groups is 1. The van der Waals surface area contributed by atoms with Gasteiger partial charge in [-0.3, -0.25) is 29.3 Å². The fourth-order valence-electron chi connectivity index (χ4n) is 2.67. The van der Waals surface area contributed by atoms with Gasteiger partial charge in [0.15, 0.2) is 0 Å². The first-order valence-electron chi connectivity index (χ1n) is 8.40. The molecule has 4 rings (SSSR count). The lowest BCUT2D eigenvalue weighted by Gasteiger charge is -2.12. The van der Waals surface area contributed by atoms with Crippen LogP contribution in [0.3, 0.4) is 0 Å². The zero-order valence-electron chi connectivity index (χ0n) is 14.5. The number of furan rings is 1. The van der Waals surface area contributed by atoms with Crippen molar-refractivity contribution < 1.29 is 18.8 Å². The highest BCUT2D eigenvalue weighted by Crippen LogP contribution is 2.32. The molecule has 9 heteroatoms. The van der Waals surface area contributed by atoms with Crippen LogP contribution in [-0.4, -0.2) is 38.5 Å². The van der Waals surface area contributed by atoms with Crippen molar-refractivity contribution in [3.63, 3.8) is 0 Å². The predicted molar refractivity (Wildman–Crippen MR) is 104 cm³/mol. The molecule has 3 heterocycles. The van der Waals surface area contributed by atoms with E-state index < -0.39 is 11.1 Å². The van der Waals surface area contributed by atoms with E-state index in [2.05, 4.69) is 15.3 Å². The topological polar surface area (TPSA) is 105 Å². The van der Waals surface area contributed by atoms with Crippen molar-refractivity contribution in [2.75, 3.05) is 11.9 Å². The summed E-state index contributed by atoms with van der Waals surface area (Å²) in [5.41, 5.74) is 1.96. The number of rotatable bonds is 5. The number of anilines is 1. The SMILES string of the molecule is O=C(CCN1C(=O)S/C(=C\c2ccco2)C1=O)Nc1ccc2nccnc2c1. The molecule has 2 aromatic heterocycles. The van der Waals surface area contributed by atoms with Gasteiger partial charge in [-0.05, 0) is 42.1 Å². The molecule has 0 spiro atoms. The first kappa shape index (κ1) is 17.9. The zero-order valence-corrected chi connectivity index (χ0v) is 15.3. The number of amides is 3. The first-order chi connectivity index (χ1) is 13.6. The highest BCUT2D eigenvalue weighted by molar-refractivity contribution is 8.18. The Morgan fingerprint density at radius 1 is 1.18 bits per heavy atom. The molecule has 1 N–H and O–H groups in total. The Balaban J connectivity index is 1.37. The van der Waals surface area contributed by atoms with Crippen LogP contribution in [0.1, 0.15) is 12.2 Å². The Morgan fingerprint density at radius 2 is 2.00 bits per heavy atom. The maximum atomic E-state index is 12.4. The zero-order chi connectivity index (χ0) is 19.5. The van der Waals surface area contributed by atoms with Crippen molar-refractivity contribution in [3.05, 3.63) is 59.7 Å². The third kappa shape index (κ3) is 3.79. The number of imide groups is 1. The third-order valence-corrected chi connectivity index (χ3v) is 4.91. The molecule has 1 aliphatic rings. The number of nitrogens with one attached hydrogen (secondary N) is 1. The van der Waals surface area contributed by atoms with Crippen LogP contribution >= 0.6 is 11.8 Å². The first-order valence-corrected chi connectivity index (χ1v) is 9.21. The maximum Gasteiger partial charge on any atom is 0.293 e. The van der Waals surface area contributed by atoms with Gasteiger partial charge in [0.05, 0.1) is 22.2 Å². The normalized spacial score (nSPS) is 15.6. The second-order valence-electron chi connectivity index (χ2n) is 5.91. The Hall–Kier alpha value is -3.46. The summed E-state index contributed by atoms with van der Waals surface area (Å²) >= 11 is 0.829. The van der Waals surface area contributed by atoms with Gasteiger partial charge in [0.25, 0.3) is 11.1 Å². The molecule has 3 amide bonds. The van der Waals surface area contributed by atoms with Crippen LogP contribution < -0.4 is 5.32 Å². The van der Waals surface area contributed by atoms with Crippen molar-refractivity contribution in [2.45, 2.75) is 6.42 Å². The van der Waals surface area contributed by atoms with Gasteiger partial charge < -0.3 is 9.73 Å². The molecule has 0 aliphatic carbocycles. The van der Waals surface area contributed by atoms with E-state index in [1.807, 2.05) is 0 Å². The van der Waals surface area contributed by atoms with Crippen LogP contribution in [0.5, 0.6) is 0 Å². The summed E-state index contributed by atoms with van der Waals surface area (Å²) in [5, 5.41) is 2.34. The Kier molecular flexibility index (Phi) is 4.90. The summed E-state index contributed by atoms with van der Waals surface area (Å²) < 4.78 is 5.16. The van der Waals surface area contributed by atoms with Crippen molar-refractivity contribution in [2.24, 2.45) is 0 Å². The van der Waals surface area contributed by atoms with E-state index in [1.165, 1.54) is 12.3 Å². The van der Waals surface area contributed by atoms with Gasteiger partial charge in [-0.1, -0.05) is 0 Å². The van der Waals surface area contributed by atoms with Crippen molar-refractivity contribution >= 4 is 51.6 Å². The Morgan fingerprint density at radius 3 is 2.79 bits per heavy atom. The molecule has 3 aromatic rings. The number of benzene rings is 1. The Bertz CT molecular complexity index is 1090. The van der Waals surface area contributed by atoms with Gasteiger partial charge in [0, 0.05) is 37.1 Å². The van der Waals surface area contributed by atoms with E-state index in [-0.39, 0.29) is 23.8 Å². The second kappa shape index (κ2) is 7.65. The van der Waals surface area contributed by atoms with E-state index >= 15 is 0 Å². The average Bonchev–Trinajstić information content (AvgIpc) is 3.29. The van der Waals surface area contributed by atoms with E-state index in [0.29, 0.717) is 17.0 Å². The van der Waals surface area contributed by atoms with Crippen LogP contribution in [0, 0.1) is 0 Å². The minimum Gasteiger partial charge on any atom is -0.465 e. The number of hydrogen-bond acceptors (Lipinski definition) is 7. The molecular formula is C19H14N4O4S. The summed E-state index contributed by atoms with van der Waals surface area (Å²) in [4.78, 5) is 46.4. The number of fused-ring (bicyclic) bond motifs is 1. The molecule has 0 atom stereocenters. The summed E-state index contributed by atoms with van der Waals surface area (Å²) in [5.74, 6) is -0.250. The number of carbonyl (C=O) groups excluding carboxylic acids is 3. The Labute approximate surface area is 163 Å². The molecule has 1 saturated heterocycles. The van der Waals surface area contributed by atoms with Crippen LogP contribution in [0.25, 0.3) is 17.1 Å². The molecule has 0 saturated carbocycles. The highest BCUT2D eigenvalue weighted by atomic mass is 32.2. The number of aromatic nitrogens is 2. The third-order valence-electron chi connectivity index (χ3n) is 4.01. The van der Waals surface area contributed by atoms with Gasteiger partial charge in [0.2, 0.25) is 5.91 Å². The van der Waals surface area contributed by atoms with Crippen LogP contribution in [0.4, 0.5) is 10.5 Å². The van der Waals surface area contributed by atoms with Gasteiger partial charge in [-0.25, -0.2) is 0 Å². The number of carbonyl (C=O) groups is 3. The van der Waals surface area contributed by atoms with Crippen molar-refractivity contribution in [1.29, 1.82) is 0 Å². The van der Waals surface area contributed by atoms with E-state index in [4.69, 9.17) is 4.42 Å². The van der Waals surface area contributed by atoms with E-state index in [0.717, 1.165) is 22.2 Å².